The number of ether oxygens (including phenoxy) is 3. The second-order valence-electron chi connectivity index (χ2n) is 6.54. The van der Waals surface area contributed by atoms with Crippen LogP contribution in [0, 0.1) is 0 Å². The average Bonchev–Trinajstić information content (AvgIpc) is 2.72. The molecule has 1 fully saturated rings. The molecule has 1 aliphatic heterocycles. The Morgan fingerprint density at radius 2 is 1.65 bits per heavy atom. The van der Waals surface area contributed by atoms with E-state index in [-0.39, 0.29) is 11.3 Å². The van der Waals surface area contributed by atoms with Gasteiger partial charge in [-0.1, -0.05) is 30.3 Å². The van der Waals surface area contributed by atoms with Gasteiger partial charge in [-0.25, -0.2) is 0 Å². The van der Waals surface area contributed by atoms with Gasteiger partial charge in [0.2, 0.25) is 0 Å². The largest absolute Gasteiger partial charge is 0.497 e. The second-order valence-corrected chi connectivity index (χ2v) is 6.54. The first-order valence-electron chi connectivity index (χ1n) is 8.81. The Morgan fingerprint density at radius 3 is 2.23 bits per heavy atom. The molecule has 1 N–H and O–H groups in total. The topological polar surface area (TPSA) is 56.8 Å². The number of amides is 1. The van der Waals surface area contributed by atoms with E-state index in [1.807, 2.05) is 18.2 Å². The Labute approximate surface area is 154 Å². The van der Waals surface area contributed by atoms with Gasteiger partial charge in [-0.05, 0) is 30.5 Å². The molecular weight excluding hydrogens is 330 g/mol. The van der Waals surface area contributed by atoms with Crippen molar-refractivity contribution >= 4 is 5.91 Å². The smallest absolute Gasteiger partial charge is 0.251 e. The number of hydrogen-bond acceptors (Lipinski definition) is 4. The van der Waals surface area contributed by atoms with Crippen LogP contribution in [0.1, 0.15) is 28.8 Å². The van der Waals surface area contributed by atoms with E-state index in [1.165, 1.54) is 5.56 Å². The molecule has 0 atom stereocenters. The van der Waals surface area contributed by atoms with Crippen LogP contribution >= 0.6 is 0 Å². The first-order chi connectivity index (χ1) is 12.7. The maximum Gasteiger partial charge on any atom is 0.251 e. The maximum atomic E-state index is 12.7. The van der Waals surface area contributed by atoms with Crippen LogP contribution in [-0.4, -0.2) is 39.9 Å². The van der Waals surface area contributed by atoms with Crippen molar-refractivity contribution in [1.29, 1.82) is 0 Å². The molecule has 0 saturated carbocycles. The lowest BCUT2D eigenvalue weighted by atomic mass is 9.74. The molecule has 1 amide bonds. The molecule has 2 aromatic carbocycles. The third kappa shape index (κ3) is 3.99. The maximum absolute atomic E-state index is 12.7. The fourth-order valence-electron chi connectivity index (χ4n) is 3.41. The Hall–Kier alpha value is -2.53. The number of rotatable bonds is 6. The number of nitrogens with one attached hydrogen (secondary N) is 1. The van der Waals surface area contributed by atoms with Crippen molar-refractivity contribution in [2.75, 3.05) is 34.0 Å². The first kappa shape index (κ1) is 18.3. The van der Waals surface area contributed by atoms with Gasteiger partial charge in [0.05, 0.1) is 14.2 Å². The average molecular weight is 355 g/mol. The van der Waals surface area contributed by atoms with Gasteiger partial charge in [-0.3, -0.25) is 4.79 Å². The molecule has 5 nitrogen and oxygen atoms in total. The normalized spacial score (nSPS) is 15.9. The van der Waals surface area contributed by atoms with E-state index in [0.717, 1.165) is 12.8 Å². The van der Waals surface area contributed by atoms with Crippen molar-refractivity contribution in [3.8, 4) is 11.5 Å². The third-order valence-corrected chi connectivity index (χ3v) is 5.04. The van der Waals surface area contributed by atoms with E-state index in [9.17, 15) is 4.79 Å². The predicted molar refractivity (Wildman–Crippen MR) is 100 cm³/mol. The number of benzene rings is 2. The summed E-state index contributed by atoms with van der Waals surface area (Å²) in [6, 6.07) is 15.5. The van der Waals surface area contributed by atoms with Crippen LogP contribution in [0.15, 0.2) is 48.5 Å². The monoisotopic (exact) mass is 355 g/mol. The first-order valence-corrected chi connectivity index (χ1v) is 8.81. The van der Waals surface area contributed by atoms with Crippen molar-refractivity contribution in [1.82, 2.24) is 5.32 Å². The van der Waals surface area contributed by atoms with Gasteiger partial charge >= 0.3 is 0 Å². The van der Waals surface area contributed by atoms with Gasteiger partial charge < -0.3 is 19.5 Å². The summed E-state index contributed by atoms with van der Waals surface area (Å²) in [6.07, 6.45) is 1.78. The quantitative estimate of drug-likeness (QED) is 0.865. The van der Waals surface area contributed by atoms with Gasteiger partial charge in [0.15, 0.2) is 0 Å². The van der Waals surface area contributed by atoms with Crippen LogP contribution in [0.4, 0.5) is 0 Å². The minimum atomic E-state index is -0.135. The highest BCUT2D eigenvalue weighted by molar-refractivity contribution is 5.95. The predicted octanol–water partition coefficient (Wildman–Crippen LogP) is 3.18. The van der Waals surface area contributed by atoms with E-state index in [0.29, 0.717) is 36.8 Å². The molecular formula is C21H25NO4. The van der Waals surface area contributed by atoms with Crippen LogP contribution in [0.5, 0.6) is 11.5 Å². The number of methoxy groups -OCH3 is 2. The molecule has 5 heteroatoms. The summed E-state index contributed by atoms with van der Waals surface area (Å²) in [4.78, 5) is 12.7. The standard InChI is InChI=1S/C21H25NO4/c1-24-18-12-16(13-19(14-18)25-2)20(23)22-15-21(8-10-26-11-9-21)17-6-4-3-5-7-17/h3-7,12-14H,8-11,15H2,1-2H3,(H,22,23). The van der Waals surface area contributed by atoms with E-state index in [2.05, 4.69) is 17.4 Å². The van der Waals surface area contributed by atoms with Gasteiger partial charge in [-0.15, -0.1) is 0 Å². The molecule has 0 radical (unpaired) electrons. The second kappa shape index (κ2) is 8.23. The molecule has 0 aliphatic carbocycles. The third-order valence-electron chi connectivity index (χ3n) is 5.04. The van der Waals surface area contributed by atoms with Crippen LogP contribution in [0.3, 0.4) is 0 Å². The van der Waals surface area contributed by atoms with Gasteiger partial charge in [-0.2, -0.15) is 0 Å². The van der Waals surface area contributed by atoms with Crippen molar-refractivity contribution < 1.29 is 19.0 Å². The molecule has 0 aromatic heterocycles. The summed E-state index contributed by atoms with van der Waals surface area (Å²) in [7, 11) is 3.14. The zero-order chi connectivity index (χ0) is 18.4. The minimum absolute atomic E-state index is 0.0991. The summed E-state index contributed by atoms with van der Waals surface area (Å²) in [5.41, 5.74) is 1.67. The highest BCUT2D eigenvalue weighted by Gasteiger charge is 2.34. The van der Waals surface area contributed by atoms with Crippen LogP contribution in [0.2, 0.25) is 0 Å². The van der Waals surface area contributed by atoms with Gasteiger partial charge in [0.25, 0.3) is 5.91 Å². The summed E-state index contributed by atoms with van der Waals surface area (Å²) in [6.45, 7) is 1.98. The number of carbonyl (C=O) groups excluding carboxylic acids is 1. The lowest BCUT2D eigenvalue weighted by Crippen LogP contribution is -2.44. The molecule has 0 spiro atoms. The van der Waals surface area contributed by atoms with Crippen molar-refractivity contribution in [3.05, 3.63) is 59.7 Å². The highest BCUT2D eigenvalue weighted by Crippen LogP contribution is 2.34. The number of carbonyl (C=O) groups is 1. The lowest BCUT2D eigenvalue weighted by molar-refractivity contribution is 0.0487. The fraction of sp³-hybridized carbons (Fsp3) is 0.381. The Balaban J connectivity index is 1.78. The molecule has 0 unspecified atom stereocenters. The molecule has 138 valence electrons. The van der Waals surface area contributed by atoms with Crippen LogP contribution in [0.25, 0.3) is 0 Å². The fourth-order valence-corrected chi connectivity index (χ4v) is 3.41. The number of hydrogen-bond donors (Lipinski definition) is 1. The Morgan fingerprint density at radius 1 is 1.04 bits per heavy atom. The van der Waals surface area contributed by atoms with E-state index in [1.54, 1.807) is 32.4 Å². The van der Waals surface area contributed by atoms with Crippen LogP contribution < -0.4 is 14.8 Å². The highest BCUT2D eigenvalue weighted by atomic mass is 16.5. The molecule has 26 heavy (non-hydrogen) atoms. The van der Waals surface area contributed by atoms with Gasteiger partial charge in [0, 0.05) is 36.8 Å². The Kier molecular flexibility index (Phi) is 5.78. The molecule has 0 bridgehead atoms. The van der Waals surface area contributed by atoms with Crippen molar-refractivity contribution in [2.24, 2.45) is 0 Å². The molecule has 2 aromatic rings. The zero-order valence-electron chi connectivity index (χ0n) is 15.3. The minimum Gasteiger partial charge on any atom is -0.497 e. The Bertz CT molecular complexity index is 717. The van der Waals surface area contributed by atoms with Crippen molar-refractivity contribution in [2.45, 2.75) is 18.3 Å². The summed E-state index contributed by atoms with van der Waals surface area (Å²) in [5, 5.41) is 3.11. The molecule has 1 aliphatic rings. The van der Waals surface area contributed by atoms with E-state index < -0.39 is 0 Å². The molecule has 1 heterocycles. The SMILES string of the molecule is COc1cc(OC)cc(C(=O)NCC2(c3ccccc3)CCOCC2)c1. The molecule has 1 saturated heterocycles. The van der Waals surface area contributed by atoms with Gasteiger partial charge in [0.1, 0.15) is 11.5 Å². The molecule has 3 rings (SSSR count). The van der Waals surface area contributed by atoms with Crippen LogP contribution in [-0.2, 0) is 10.2 Å². The van der Waals surface area contributed by atoms with Crippen molar-refractivity contribution in [3.63, 3.8) is 0 Å². The lowest BCUT2D eigenvalue weighted by Gasteiger charge is -2.38. The van der Waals surface area contributed by atoms with E-state index >= 15 is 0 Å². The van der Waals surface area contributed by atoms with E-state index in [4.69, 9.17) is 14.2 Å². The summed E-state index contributed by atoms with van der Waals surface area (Å²) < 4.78 is 16.1. The zero-order valence-corrected chi connectivity index (χ0v) is 15.3. The summed E-state index contributed by atoms with van der Waals surface area (Å²) in [5.74, 6) is 1.06. The summed E-state index contributed by atoms with van der Waals surface area (Å²) >= 11 is 0.